The molecule has 0 unspecified atom stereocenters. The minimum Gasteiger partial charge on any atom is -0.495 e. The molecule has 0 amide bonds. The summed E-state index contributed by atoms with van der Waals surface area (Å²) in [5, 5.41) is 7.63. The number of hydrogen-bond donors (Lipinski definition) is 2. The van der Waals surface area contributed by atoms with Crippen LogP contribution in [0.1, 0.15) is 17.5 Å². The second-order valence-electron chi connectivity index (χ2n) is 5.18. The lowest BCUT2D eigenvalue weighted by molar-refractivity contribution is 0.416. The predicted octanol–water partition coefficient (Wildman–Crippen LogP) is 4.32. The van der Waals surface area contributed by atoms with E-state index in [1.165, 1.54) is 23.2 Å². The molecule has 1 aliphatic heterocycles. The molecule has 0 spiro atoms. The highest BCUT2D eigenvalue weighted by molar-refractivity contribution is 6.30. The van der Waals surface area contributed by atoms with Gasteiger partial charge in [0.15, 0.2) is 0 Å². The lowest BCUT2D eigenvalue weighted by Gasteiger charge is -2.22. The first-order chi connectivity index (χ1) is 10.3. The van der Waals surface area contributed by atoms with Gasteiger partial charge < -0.3 is 15.4 Å². The van der Waals surface area contributed by atoms with Crippen molar-refractivity contribution < 1.29 is 4.74 Å². The second-order valence-corrected chi connectivity index (χ2v) is 5.62. The Bertz CT molecular complexity index is 643. The fourth-order valence-corrected chi connectivity index (χ4v) is 2.91. The Morgan fingerprint density at radius 3 is 3.05 bits per heavy atom. The molecule has 0 bridgehead atoms. The van der Waals surface area contributed by atoms with Crippen molar-refractivity contribution in [1.29, 1.82) is 0 Å². The second kappa shape index (κ2) is 6.27. The lowest BCUT2D eigenvalue weighted by atomic mass is 9.99. The van der Waals surface area contributed by atoms with Gasteiger partial charge in [0, 0.05) is 23.8 Å². The van der Waals surface area contributed by atoms with Crippen LogP contribution in [0.25, 0.3) is 0 Å². The van der Waals surface area contributed by atoms with Gasteiger partial charge in [0.25, 0.3) is 0 Å². The van der Waals surface area contributed by atoms with Crippen LogP contribution < -0.4 is 15.4 Å². The van der Waals surface area contributed by atoms with Crippen LogP contribution in [0.4, 0.5) is 11.4 Å². The summed E-state index contributed by atoms with van der Waals surface area (Å²) in [6, 6.07) is 12.1. The third-order valence-corrected chi connectivity index (χ3v) is 4.03. The summed E-state index contributed by atoms with van der Waals surface area (Å²) in [7, 11) is 1.67. The number of methoxy groups -OCH3 is 1. The number of benzene rings is 2. The van der Waals surface area contributed by atoms with Crippen LogP contribution in [0.5, 0.6) is 5.75 Å². The molecule has 0 aromatic heterocycles. The molecule has 1 heterocycles. The summed E-state index contributed by atoms with van der Waals surface area (Å²) >= 11 is 6.06. The molecular weight excluding hydrogens is 284 g/mol. The van der Waals surface area contributed by atoms with Gasteiger partial charge in [-0.15, -0.1) is 0 Å². The maximum absolute atomic E-state index is 6.06. The van der Waals surface area contributed by atoms with E-state index in [-0.39, 0.29) is 0 Å². The van der Waals surface area contributed by atoms with Crippen LogP contribution >= 0.6 is 11.6 Å². The fraction of sp³-hybridized carbons (Fsp3) is 0.294. The molecule has 3 rings (SSSR count). The SMILES string of the molecule is COc1ccc(Cl)cc1NCc1cccc2c1NCCC2. The number of nitrogens with one attached hydrogen (secondary N) is 2. The van der Waals surface area contributed by atoms with Crippen molar-refractivity contribution in [3.05, 3.63) is 52.5 Å². The molecular formula is C17H19ClN2O. The van der Waals surface area contributed by atoms with E-state index in [1.54, 1.807) is 7.11 Å². The van der Waals surface area contributed by atoms with Gasteiger partial charge in [0.1, 0.15) is 5.75 Å². The molecule has 110 valence electrons. The predicted molar refractivity (Wildman–Crippen MR) is 88.6 cm³/mol. The number of rotatable bonds is 4. The first-order valence-corrected chi connectivity index (χ1v) is 7.58. The number of anilines is 2. The van der Waals surface area contributed by atoms with Crippen molar-refractivity contribution in [1.82, 2.24) is 0 Å². The number of hydrogen-bond acceptors (Lipinski definition) is 3. The summed E-state index contributed by atoms with van der Waals surface area (Å²) in [4.78, 5) is 0. The maximum Gasteiger partial charge on any atom is 0.142 e. The molecule has 0 aliphatic carbocycles. The third kappa shape index (κ3) is 3.08. The highest BCUT2D eigenvalue weighted by atomic mass is 35.5. The summed E-state index contributed by atoms with van der Waals surface area (Å²) in [5.41, 5.74) is 4.86. The van der Waals surface area contributed by atoms with Crippen LogP contribution in [0.15, 0.2) is 36.4 Å². The third-order valence-electron chi connectivity index (χ3n) is 3.79. The van der Waals surface area contributed by atoms with Gasteiger partial charge in [-0.2, -0.15) is 0 Å². The summed E-state index contributed by atoms with van der Waals surface area (Å²) in [6.07, 6.45) is 2.35. The largest absolute Gasteiger partial charge is 0.495 e. The first-order valence-electron chi connectivity index (χ1n) is 7.20. The van der Waals surface area contributed by atoms with E-state index >= 15 is 0 Å². The molecule has 2 aromatic rings. The normalized spacial score (nSPS) is 13.2. The van der Waals surface area contributed by atoms with Gasteiger partial charge in [-0.3, -0.25) is 0 Å². The van der Waals surface area contributed by atoms with Crippen LogP contribution in [-0.4, -0.2) is 13.7 Å². The van der Waals surface area contributed by atoms with Crippen molar-refractivity contribution in [2.45, 2.75) is 19.4 Å². The molecule has 1 aliphatic rings. The number of halogens is 1. The number of para-hydroxylation sites is 1. The standard InChI is InChI=1S/C17H19ClN2O/c1-21-16-8-7-14(18)10-15(16)20-11-13-5-2-4-12-6-3-9-19-17(12)13/h2,4-5,7-8,10,19-20H,3,6,9,11H2,1H3. The van der Waals surface area contributed by atoms with Gasteiger partial charge in [0.05, 0.1) is 12.8 Å². The van der Waals surface area contributed by atoms with Gasteiger partial charge in [-0.25, -0.2) is 0 Å². The summed E-state index contributed by atoms with van der Waals surface area (Å²) in [6.45, 7) is 1.79. The molecule has 0 saturated carbocycles. The number of aryl methyl sites for hydroxylation is 1. The van der Waals surface area contributed by atoms with Crippen LogP contribution in [0.3, 0.4) is 0 Å². The summed E-state index contributed by atoms with van der Waals surface area (Å²) < 4.78 is 5.36. The molecule has 2 aromatic carbocycles. The molecule has 0 radical (unpaired) electrons. The Morgan fingerprint density at radius 1 is 1.29 bits per heavy atom. The smallest absolute Gasteiger partial charge is 0.142 e. The van der Waals surface area contributed by atoms with Crippen molar-refractivity contribution >= 4 is 23.0 Å². The molecule has 0 saturated heterocycles. The average Bonchev–Trinajstić information content (AvgIpc) is 2.53. The van der Waals surface area contributed by atoms with Crippen molar-refractivity contribution in [3.63, 3.8) is 0 Å². The van der Waals surface area contributed by atoms with Crippen molar-refractivity contribution in [2.75, 3.05) is 24.3 Å². The number of ether oxygens (including phenoxy) is 1. The van der Waals surface area contributed by atoms with E-state index in [1.807, 2.05) is 18.2 Å². The Kier molecular flexibility index (Phi) is 4.20. The van der Waals surface area contributed by atoms with Gasteiger partial charge >= 0.3 is 0 Å². The van der Waals surface area contributed by atoms with Crippen LogP contribution in [-0.2, 0) is 13.0 Å². The highest BCUT2D eigenvalue weighted by Gasteiger charge is 2.12. The van der Waals surface area contributed by atoms with E-state index in [4.69, 9.17) is 16.3 Å². The van der Waals surface area contributed by atoms with Crippen molar-refractivity contribution in [2.24, 2.45) is 0 Å². The molecule has 0 atom stereocenters. The van der Waals surface area contributed by atoms with Crippen molar-refractivity contribution in [3.8, 4) is 5.75 Å². The van der Waals surface area contributed by atoms with E-state index in [0.29, 0.717) is 5.02 Å². The van der Waals surface area contributed by atoms with E-state index in [9.17, 15) is 0 Å². The topological polar surface area (TPSA) is 33.3 Å². The fourth-order valence-electron chi connectivity index (χ4n) is 2.74. The first kappa shape index (κ1) is 14.1. The van der Waals surface area contributed by atoms with E-state index in [0.717, 1.165) is 30.9 Å². The molecule has 2 N–H and O–H groups in total. The molecule has 3 nitrogen and oxygen atoms in total. The van der Waals surface area contributed by atoms with Crippen LogP contribution in [0.2, 0.25) is 5.02 Å². The Morgan fingerprint density at radius 2 is 2.19 bits per heavy atom. The monoisotopic (exact) mass is 302 g/mol. The zero-order chi connectivity index (χ0) is 14.7. The molecule has 21 heavy (non-hydrogen) atoms. The van der Waals surface area contributed by atoms with Crippen LogP contribution in [0, 0.1) is 0 Å². The molecule has 4 heteroatoms. The highest BCUT2D eigenvalue weighted by Crippen LogP contribution is 2.30. The maximum atomic E-state index is 6.06. The van der Waals surface area contributed by atoms with Gasteiger partial charge in [-0.05, 0) is 42.2 Å². The minimum absolute atomic E-state index is 0.700. The summed E-state index contributed by atoms with van der Waals surface area (Å²) in [5.74, 6) is 0.803. The number of fused-ring (bicyclic) bond motifs is 1. The zero-order valence-corrected chi connectivity index (χ0v) is 12.8. The van der Waals surface area contributed by atoms with Gasteiger partial charge in [0.2, 0.25) is 0 Å². The lowest BCUT2D eigenvalue weighted by Crippen LogP contribution is -2.15. The quantitative estimate of drug-likeness (QED) is 0.882. The Balaban J connectivity index is 1.81. The Hall–Kier alpha value is -1.87. The van der Waals surface area contributed by atoms with Gasteiger partial charge in [-0.1, -0.05) is 29.8 Å². The zero-order valence-electron chi connectivity index (χ0n) is 12.1. The van der Waals surface area contributed by atoms with E-state index < -0.39 is 0 Å². The average molecular weight is 303 g/mol. The minimum atomic E-state index is 0.700. The van der Waals surface area contributed by atoms with E-state index in [2.05, 4.69) is 28.8 Å². The Labute approximate surface area is 130 Å². The molecule has 0 fully saturated rings.